The third kappa shape index (κ3) is 5.31. The number of amides is 1. The predicted molar refractivity (Wildman–Crippen MR) is 73.8 cm³/mol. The molecular formula is C13H17NO3S. The van der Waals surface area contributed by atoms with E-state index in [-0.39, 0.29) is 6.42 Å². The number of thioether (sulfide) groups is 1. The maximum absolute atomic E-state index is 10.6. The molecule has 0 atom stereocenters. The van der Waals surface area contributed by atoms with Gasteiger partial charge in [0.15, 0.2) is 0 Å². The number of rotatable bonds is 8. The third-order valence-electron chi connectivity index (χ3n) is 2.48. The standard InChI is InChI=1S/C13H17NO3S/c1-17-12-7-3-2-6-11(12)10-18-9-5-4-8-13(15)14-16/h2-3,6-7H,4-5,8-10H2,1H3. The van der Waals surface area contributed by atoms with E-state index in [2.05, 4.69) is 5.18 Å². The molecule has 0 fully saturated rings. The van der Waals surface area contributed by atoms with Crippen molar-refractivity contribution in [3.05, 3.63) is 34.7 Å². The number of carbonyl (C=O) groups is 1. The molecule has 0 aliphatic heterocycles. The molecular weight excluding hydrogens is 250 g/mol. The Kier molecular flexibility index (Phi) is 7.10. The second-order valence-corrected chi connectivity index (χ2v) is 4.91. The zero-order valence-electron chi connectivity index (χ0n) is 10.4. The highest BCUT2D eigenvalue weighted by Gasteiger charge is 2.02. The zero-order valence-corrected chi connectivity index (χ0v) is 11.2. The largest absolute Gasteiger partial charge is 0.496 e. The fraction of sp³-hybridized carbons (Fsp3) is 0.462. The van der Waals surface area contributed by atoms with Crippen LogP contribution in [0.15, 0.2) is 29.4 Å². The molecule has 98 valence electrons. The van der Waals surface area contributed by atoms with Crippen molar-refractivity contribution >= 4 is 17.7 Å². The van der Waals surface area contributed by atoms with E-state index in [1.807, 2.05) is 24.3 Å². The average Bonchev–Trinajstić information content (AvgIpc) is 2.42. The first kappa shape index (κ1) is 14.7. The lowest BCUT2D eigenvalue weighted by molar-refractivity contribution is -0.118. The Balaban J connectivity index is 2.18. The van der Waals surface area contributed by atoms with Crippen molar-refractivity contribution in [3.63, 3.8) is 0 Å². The van der Waals surface area contributed by atoms with Gasteiger partial charge >= 0.3 is 0 Å². The predicted octanol–water partition coefficient (Wildman–Crippen LogP) is 3.39. The summed E-state index contributed by atoms with van der Waals surface area (Å²) in [6.07, 6.45) is 1.91. The van der Waals surface area contributed by atoms with Gasteiger partial charge in [0.1, 0.15) is 5.75 Å². The van der Waals surface area contributed by atoms with Crippen molar-refractivity contribution in [2.24, 2.45) is 5.18 Å². The van der Waals surface area contributed by atoms with Crippen LogP contribution >= 0.6 is 11.8 Å². The Labute approximate surface area is 111 Å². The van der Waals surface area contributed by atoms with Gasteiger partial charge in [0, 0.05) is 22.9 Å². The molecule has 0 heterocycles. The van der Waals surface area contributed by atoms with Crippen LogP contribution in [0, 0.1) is 4.91 Å². The Hall–Kier alpha value is -1.36. The Morgan fingerprint density at radius 1 is 1.33 bits per heavy atom. The van der Waals surface area contributed by atoms with Gasteiger partial charge in [0.2, 0.25) is 0 Å². The van der Waals surface area contributed by atoms with Gasteiger partial charge in [-0.05, 0) is 24.7 Å². The van der Waals surface area contributed by atoms with E-state index >= 15 is 0 Å². The minimum Gasteiger partial charge on any atom is -0.496 e. The molecule has 0 spiro atoms. The summed E-state index contributed by atoms with van der Waals surface area (Å²) in [7, 11) is 1.67. The first-order chi connectivity index (χ1) is 8.77. The number of para-hydroxylation sites is 1. The molecule has 4 nitrogen and oxygen atoms in total. The van der Waals surface area contributed by atoms with Crippen molar-refractivity contribution in [2.45, 2.75) is 25.0 Å². The lowest BCUT2D eigenvalue weighted by Crippen LogP contribution is -1.93. The van der Waals surface area contributed by atoms with Crippen LogP contribution < -0.4 is 4.74 Å². The van der Waals surface area contributed by atoms with Gasteiger partial charge in [0.25, 0.3) is 5.91 Å². The maximum atomic E-state index is 10.6. The number of hydrogen-bond acceptors (Lipinski definition) is 4. The van der Waals surface area contributed by atoms with Gasteiger partial charge in [-0.15, -0.1) is 4.91 Å². The van der Waals surface area contributed by atoms with E-state index in [4.69, 9.17) is 4.74 Å². The van der Waals surface area contributed by atoms with Crippen LogP contribution in [-0.4, -0.2) is 18.8 Å². The van der Waals surface area contributed by atoms with Crippen LogP contribution in [0.1, 0.15) is 24.8 Å². The smallest absolute Gasteiger partial charge is 0.286 e. The van der Waals surface area contributed by atoms with Gasteiger partial charge < -0.3 is 4.74 Å². The first-order valence-corrected chi connectivity index (χ1v) is 6.99. The zero-order chi connectivity index (χ0) is 13.2. The van der Waals surface area contributed by atoms with Crippen molar-refractivity contribution in [2.75, 3.05) is 12.9 Å². The summed E-state index contributed by atoms with van der Waals surface area (Å²) in [5.74, 6) is 2.21. The number of nitrogens with zero attached hydrogens (tertiary/aromatic N) is 1. The summed E-state index contributed by atoms with van der Waals surface area (Å²) in [5, 5.41) is 2.36. The van der Waals surface area contributed by atoms with Crippen LogP contribution in [0.4, 0.5) is 0 Å². The van der Waals surface area contributed by atoms with E-state index in [1.54, 1.807) is 18.9 Å². The number of benzene rings is 1. The molecule has 1 rings (SSSR count). The summed E-state index contributed by atoms with van der Waals surface area (Å²) in [4.78, 5) is 20.5. The van der Waals surface area contributed by atoms with Crippen LogP contribution in [0.5, 0.6) is 5.75 Å². The summed E-state index contributed by atoms with van der Waals surface area (Å²) in [6, 6.07) is 7.94. The molecule has 0 N–H and O–H groups in total. The van der Waals surface area contributed by atoms with Gasteiger partial charge in [-0.2, -0.15) is 11.8 Å². The molecule has 0 radical (unpaired) electrons. The van der Waals surface area contributed by atoms with Crippen LogP contribution in [-0.2, 0) is 10.5 Å². The quantitative estimate of drug-likeness (QED) is 0.535. The second kappa shape index (κ2) is 8.69. The highest BCUT2D eigenvalue weighted by atomic mass is 32.2. The highest BCUT2D eigenvalue weighted by Crippen LogP contribution is 2.23. The Morgan fingerprint density at radius 3 is 2.83 bits per heavy atom. The molecule has 0 saturated heterocycles. The second-order valence-electron chi connectivity index (χ2n) is 3.81. The van der Waals surface area contributed by atoms with Crippen LogP contribution in [0.25, 0.3) is 0 Å². The van der Waals surface area contributed by atoms with E-state index in [9.17, 15) is 9.70 Å². The number of hydrogen-bond donors (Lipinski definition) is 0. The van der Waals surface area contributed by atoms with Crippen molar-refractivity contribution in [1.29, 1.82) is 0 Å². The van der Waals surface area contributed by atoms with E-state index < -0.39 is 5.91 Å². The molecule has 0 aromatic heterocycles. The molecule has 1 amide bonds. The normalized spacial score (nSPS) is 10.1. The maximum Gasteiger partial charge on any atom is 0.286 e. The van der Waals surface area contributed by atoms with Gasteiger partial charge in [0.05, 0.1) is 7.11 Å². The Morgan fingerprint density at radius 2 is 2.11 bits per heavy atom. The SMILES string of the molecule is COc1ccccc1CSCCCCC(=O)N=O. The van der Waals surface area contributed by atoms with E-state index in [0.717, 1.165) is 30.1 Å². The molecule has 1 aromatic carbocycles. The fourth-order valence-corrected chi connectivity index (χ4v) is 2.54. The molecule has 0 aliphatic rings. The van der Waals surface area contributed by atoms with Crippen LogP contribution in [0.3, 0.4) is 0 Å². The summed E-state index contributed by atoms with van der Waals surface area (Å²) >= 11 is 1.80. The number of carbonyl (C=O) groups excluding carboxylic acids is 1. The number of methoxy groups -OCH3 is 1. The van der Waals surface area contributed by atoms with E-state index in [1.165, 1.54) is 5.56 Å². The van der Waals surface area contributed by atoms with Crippen LogP contribution in [0.2, 0.25) is 0 Å². The molecule has 0 saturated carbocycles. The topological polar surface area (TPSA) is 55.7 Å². The number of nitroso groups, excluding NO2 is 1. The Bertz CT molecular complexity index is 396. The van der Waals surface area contributed by atoms with Crippen molar-refractivity contribution in [3.8, 4) is 5.75 Å². The summed E-state index contributed by atoms with van der Waals surface area (Å²) in [5.41, 5.74) is 1.18. The molecule has 1 aromatic rings. The van der Waals surface area contributed by atoms with Gasteiger partial charge in [-0.25, -0.2) is 0 Å². The molecule has 5 heteroatoms. The molecule has 18 heavy (non-hydrogen) atoms. The minimum absolute atomic E-state index is 0.263. The van der Waals surface area contributed by atoms with Crippen molar-refractivity contribution in [1.82, 2.24) is 0 Å². The highest BCUT2D eigenvalue weighted by molar-refractivity contribution is 7.98. The molecule has 0 unspecified atom stereocenters. The van der Waals surface area contributed by atoms with Gasteiger partial charge in [-0.1, -0.05) is 18.2 Å². The fourth-order valence-electron chi connectivity index (χ4n) is 1.53. The third-order valence-corrected chi connectivity index (χ3v) is 3.57. The number of unbranched alkanes of at least 4 members (excludes halogenated alkanes) is 1. The average molecular weight is 267 g/mol. The van der Waals surface area contributed by atoms with E-state index in [0.29, 0.717) is 0 Å². The monoisotopic (exact) mass is 267 g/mol. The molecule has 0 bridgehead atoms. The minimum atomic E-state index is -0.551. The first-order valence-electron chi connectivity index (χ1n) is 5.83. The summed E-state index contributed by atoms with van der Waals surface area (Å²) < 4.78 is 5.26. The lowest BCUT2D eigenvalue weighted by atomic mass is 10.2. The van der Waals surface area contributed by atoms with Gasteiger partial charge in [-0.3, -0.25) is 4.79 Å². The number of ether oxygens (including phenoxy) is 1. The van der Waals surface area contributed by atoms with Crippen molar-refractivity contribution < 1.29 is 9.53 Å². The summed E-state index contributed by atoms with van der Waals surface area (Å²) in [6.45, 7) is 0. The lowest BCUT2D eigenvalue weighted by Gasteiger charge is -2.07. The molecule has 0 aliphatic carbocycles.